The molecule has 0 saturated carbocycles. The highest BCUT2D eigenvalue weighted by Gasteiger charge is 2.11. The average Bonchev–Trinajstić information content (AvgIpc) is 2.40. The fraction of sp³-hybridized carbons (Fsp3) is 0.467. The van der Waals surface area contributed by atoms with Gasteiger partial charge in [-0.25, -0.2) is 0 Å². The summed E-state index contributed by atoms with van der Waals surface area (Å²) in [7, 11) is 1.76. The number of benzene rings is 1. The van der Waals surface area contributed by atoms with Crippen molar-refractivity contribution >= 4 is 27.7 Å². The van der Waals surface area contributed by atoms with Crippen molar-refractivity contribution in [3.05, 3.63) is 34.3 Å². The number of hydrogen-bond acceptors (Lipinski definition) is 3. The fourth-order valence-electron chi connectivity index (χ4n) is 1.83. The summed E-state index contributed by atoms with van der Waals surface area (Å²) in [5.41, 5.74) is 6.58. The maximum absolute atomic E-state index is 12.0. The molecular weight excluding hydrogens is 334 g/mol. The first-order valence-corrected chi connectivity index (χ1v) is 7.69. The molecule has 6 heteroatoms. The summed E-state index contributed by atoms with van der Waals surface area (Å²) in [6.45, 7) is 2.65. The Morgan fingerprint density at radius 2 is 2.05 bits per heavy atom. The summed E-state index contributed by atoms with van der Waals surface area (Å²) in [5.74, 6) is -0.127. The van der Waals surface area contributed by atoms with E-state index in [1.54, 1.807) is 18.9 Å². The molecule has 21 heavy (non-hydrogen) atoms. The summed E-state index contributed by atoms with van der Waals surface area (Å²) in [5, 5.41) is 2.70. The minimum absolute atomic E-state index is 0.00755. The molecule has 0 spiro atoms. The Hall–Kier alpha value is -1.40. The number of nitrogens with one attached hydrogen (secondary N) is 1. The smallest absolute Gasteiger partial charge is 0.224 e. The first-order chi connectivity index (χ1) is 9.90. The van der Waals surface area contributed by atoms with E-state index in [2.05, 4.69) is 21.2 Å². The van der Waals surface area contributed by atoms with Gasteiger partial charge in [0.2, 0.25) is 11.8 Å². The number of amides is 2. The van der Waals surface area contributed by atoms with Crippen LogP contribution in [0.3, 0.4) is 0 Å². The molecule has 0 aliphatic rings. The predicted molar refractivity (Wildman–Crippen MR) is 86.5 cm³/mol. The van der Waals surface area contributed by atoms with Crippen LogP contribution in [0.25, 0.3) is 0 Å². The molecule has 0 aromatic heterocycles. The van der Waals surface area contributed by atoms with E-state index >= 15 is 0 Å². The van der Waals surface area contributed by atoms with Crippen molar-refractivity contribution < 1.29 is 9.59 Å². The summed E-state index contributed by atoms with van der Waals surface area (Å²) < 4.78 is 0.981. The van der Waals surface area contributed by atoms with Crippen LogP contribution in [0.1, 0.15) is 25.3 Å². The second-order valence-corrected chi connectivity index (χ2v) is 5.98. The van der Waals surface area contributed by atoms with E-state index in [9.17, 15) is 9.59 Å². The lowest BCUT2D eigenvalue weighted by Gasteiger charge is -2.18. The average molecular weight is 356 g/mol. The van der Waals surface area contributed by atoms with Gasteiger partial charge in [0.15, 0.2) is 0 Å². The summed E-state index contributed by atoms with van der Waals surface area (Å²) >= 11 is 3.46. The Morgan fingerprint density at radius 1 is 1.38 bits per heavy atom. The monoisotopic (exact) mass is 355 g/mol. The van der Waals surface area contributed by atoms with Crippen LogP contribution in [0.15, 0.2) is 28.7 Å². The van der Waals surface area contributed by atoms with Gasteiger partial charge in [0, 0.05) is 43.5 Å². The molecule has 1 aromatic rings. The second kappa shape index (κ2) is 8.79. The third-order valence-electron chi connectivity index (χ3n) is 2.96. The Labute approximate surface area is 134 Å². The molecule has 1 aromatic carbocycles. The molecule has 0 bridgehead atoms. The van der Waals surface area contributed by atoms with Crippen LogP contribution < -0.4 is 11.1 Å². The zero-order valence-electron chi connectivity index (χ0n) is 12.4. The molecule has 0 heterocycles. The van der Waals surface area contributed by atoms with Crippen LogP contribution in [-0.4, -0.2) is 36.3 Å². The molecule has 1 atom stereocenters. The number of halogens is 1. The molecular formula is C15H22BrN3O2. The minimum Gasteiger partial charge on any atom is -0.356 e. The molecule has 2 amide bonds. The molecule has 0 saturated heterocycles. The first kappa shape index (κ1) is 17.7. The van der Waals surface area contributed by atoms with Crippen LogP contribution in [0, 0.1) is 0 Å². The standard InChI is InChI=1S/C15H22BrN3O2/c1-11(17)9-14(20)18-8-7-15(21)19(2)10-12-5-3-4-6-13(12)16/h3-6,11H,7-10,17H2,1-2H3,(H,18,20). The molecule has 1 unspecified atom stereocenters. The van der Waals surface area contributed by atoms with Gasteiger partial charge in [-0.3, -0.25) is 9.59 Å². The van der Waals surface area contributed by atoms with Crippen LogP contribution in [-0.2, 0) is 16.1 Å². The van der Waals surface area contributed by atoms with E-state index in [1.807, 2.05) is 24.3 Å². The number of nitrogens with two attached hydrogens (primary N) is 1. The molecule has 0 aliphatic carbocycles. The second-order valence-electron chi connectivity index (χ2n) is 5.12. The Bertz CT molecular complexity index is 492. The number of carbonyl (C=O) groups excluding carboxylic acids is 2. The number of carbonyl (C=O) groups is 2. The van der Waals surface area contributed by atoms with Gasteiger partial charge in [-0.15, -0.1) is 0 Å². The maximum atomic E-state index is 12.0. The van der Waals surface area contributed by atoms with E-state index in [0.29, 0.717) is 13.1 Å². The highest BCUT2D eigenvalue weighted by molar-refractivity contribution is 9.10. The largest absolute Gasteiger partial charge is 0.356 e. The van der Waals surface area contributed by atoms with E-state index in [1.165, 1.54) is 0 Å². The lowest BCUT2D eigenvalue weighted by molar-refractivity contribution is -0.130. The number of nitrogens with zero attached hydrogens (tertiary/aromatic N) is 1. The minimum atomic E-state index is -0.168. The first-order valence-electron chi connectivity index (χ1n) is 6.89. The molecule has 1 rings (SSSR count). The van der Waals surface area contributed by atoms with Crippen LogP contribution in [0.2, 0.25) is 0 Å². The van der Waals surface area contributed by atoms with E-state index in [-0.39, 0.29) is 30.7 Å². The molecule has 3 N–H and O–H groups in total. The van der Waals surface area contributed by atoms with Crippen molar-refractivity contribution in [1.82, 2.24) is 10.2 Å². The summed E-state index contributed by atoms with van der Waals surface area (Å²) in [6, 6.07) is 7.62. The zero-order chi connectivity index (χ0) is 15.8. The van der Waals surface area contributed by atoms with Crippen molar-refractivity contribution in [3.8, 4) is 0 Å². The highest BCUT2D eigenvalue weighted by Crippen LogP contribution is 2.17. The molecule has 5 nitrogen and oxygen atoms in total. The van der Waals surface area contributed by atoms with Crippen LogP contribution >= 0.6 is 15.9 Å². The fourth-order valence-corrected chi connectivity index (χ4v) is 2.24. The quantitative estimate of drug-likeness (QED) is 0.780. The van der Waals surface area contributed by atoms with E-state index in [0.717, 1.165) is 10.0 Å². The van der Waals surface area contributed by atoms with Crippen LogP contribution in [0.5, 0.6) is 0 Å². The Kier molecular flexibility index (Phi) is 7.39. The van der Waals surface area contributed by atoms with Crippen LogP contribution in [0.4, 0.5) is 0 Å². The normalized spacial score (nSPS) is 11.8. The Balaban J connectivity index is 2.35. The third kappa shape index (κ3) is 6.73. The Morgan fingerprint density at radius 3 is 2.67 bits per heavy atom. The topological polar surface area (TPSA) is 75.4 Å². The summed E-state index contributed by atoms with van der Waals surface area (Å²) in [4.78, 5) is 25.1. The third-order valence-corrected chi connectivity index (χ3v) is 3.73. The molecule has 116 valence electrons. The summed E-state index contributed by atoms with van der Waals surface area (Å²) in [6.07, 6.45) is 0.562. The molecule has 0 aliphatic heterocycles. The van der Waals surface area contributed by atoms with E-state index < -0.39 is 0 Å². The highest BCUT2D eigenvalue weighted by atomic mass is 79.9. The van der Waals surface area contributed by atoms with Gasteiger partial charge in [0.25, 0.3) is 0 Å². The van der Waals surface area contributed by atoms with Crippen molar-refractivity contribution in [2.24, 2.45) is 5.73 Å². The zero-order valence-corrected chi connectivity index (χ0v) is 14.0. The van der Waals surface area contributed by atoms with Crippen molar-refractivity contribution in [2.75, 3.05) is 13.6 Å². The lowest BCUT2D eigenvalue weighted by Crippen LogP contribution is -2.34. The van der Waals surface area contributed by atoms with E-state index in [4.69, 9.17) is 5.73 Å². The van der Waals surface area contributed by atoms with Gasteiger partial charge < -0.3 is 16.0 Å². The van der Waals surface area contributed by atoms with Gasteiger partial charge in [-0.2, -0.15) is 0 Å². The SMILES string of the molecule is CC(N)CC(=O)NCCC(=O)N(C)Cc1ccccc1Br. The van der Waals surface area contributed by atoms with Gasteiger partial charge >= 0.3 is 0 Å². The number of hydrogen-bond donors (Lipinski definition) is 2. The van der Waals surface area contributed by atoms with Gasteiger partial charge in [0.05, 0.1) is 0 Å². The van der Waals surface area contributed by atoms with Gasteiger partial charge in [-0.05, 0) is 18.6 Å². The molecule has 0 radical (unpaired) electrons. The van der Waals surface area contributed by atoms with Gasteiger partial charge in [0.1, 0.15) is 0 Å². The predicted octanol–water partition coefficient (Wildman–Crippen LogP) is 1.65. The van der Waals surface area contributed by atoms with Crippen molar-refractivity contribution in [2.45, 2.75) is 32.4 Å². The van der Waals surface area contributed by atoms with Crippen molar-refractivity contribution in [3.63, 3.8) is 0 Å². The molecule has 0 fully saturated rings. The lowest BCUT2D eigenvalue weighted by atomic mass is 10.2. The van der Waals surface area contributed by atoms with Crippen molar-refractivity contribution in [1.29, 1.82) is 0 Å². The number of rotatable bonds is 7. The maximum Gasteiger partial charge on any atom is 0.224 e. The van der Waals surface area contributed by atoms with Gasteiger partial charge in [-0.1, -0.05) is 34.1 Å².